The maximum atomic E-state index is 12.7. The normalized spacial score (nSPS) is 11.2. The maximum absolute atomic E-state index is 12.7. The Bertz CT molecular complexity index is 884. The minimum Gasteiger partial charge on any atom is -0.350 e. The zero-order valence-corrected chi connectivity index (χ0v) is 14.9. The highest BCUT2D eigenvalue weighted by molar-refractivity contribution is 6.06. The van der Waals surface area contributed by atoms with Crippen LogP contribution in [0.1, 0.15) is 48.6 Å². The minimum absolute atomic E-state index is 0.0772. The number of para-hydroxylation sites is 1. The first-order chi connectivity index (χ1) is 12.1. The molecule has 1 N–H and O–H groups in total. The number of aryl methyl sites for hydroxylation is 1. The molecule has 0 aliphatic rings. The molecule has 0 unspecified atom stereocenters. The first-order valence-corrected chi connectivity index (χ1v) is 8.64. The van der Waals surface area contributed by atoms with Crippen LogP contribution in [0.3, 0.4) is 0 Å². The molecule has 130 valence electrons. The number of hydrogen-bond donors (Lipinski definition) is 1. The van der Waals surface area contributed by atoms with Gasteiger partial charge in [-0.1, -0.05) is 39.0 Å². The van der Waals surface area contributed by atoms with Gasteiger partial charge in [0, 0.05) is 30.6 Å². The van der Waals surface area contributed by atoms with Gasteiger partial charge in [-0.05, 0) is 18.1 Å². The van der Waals surface area contributed by atoms with Crippen molar-refractivity contribution >= 4 is 16.8 Å². The first kappa shape index (κ1) is 17.1. The Balaban J connectivity index is 1.79. The molecule has 25 heavy (non-hydrogen) atoms. The molecule has 2 heterocycles. The summed E-state index contributed by atoms with van der Waals surface area (Å²) in [5, 5.41) is 11.8. The molecule has 0 atom stereocenters. The molecule has 3 rings (SSSR count). The molecule has 0 fully saturated rings. The van der Waals surface area contributed by atoms with E-state index in [0.29, 0.717) is 18.7 Å². The van der Waals surface area contributed by atoms with Crippen molar-refractivity contribution in [2.75, 3.05) is 6.54 Å². The van der Waals surface area contributed by atoms with Crippen molar-refractivity contribution in [2.45, 2.75) is 39.7 Å². The molecule has 1 amide bonds. The lowest BCUT2D eigenvalue weighted by atomic mass is 10.0. The molecule has 0 saturated carbocycles. The Hall–Kier alpha value is -2.76. The van der Waals surface area contributed by atoms with Crippen LogP contribution >= 0.6 is 0 Å². The Morgan fingerprint density at radius 3 is 2.84 bits per heavy atom. The van der Waals surface area contributed by atoms with Gasteiger partial charge in [0.1, 0.15) is 12.2 Å². The zero-order chi connectivity index (χ0) is 17.8. The fourth-order valence-electron chi connectivity index (χ4n) is 2.80. The number of amides is 1. The number of carbonyl (C=O) groups is 1. The van der Waals surface area contributed by atoms with E-state index in [1.165, 1.54) is 0 Å². The molecule has 0 saturated heterocycles. The largest absolute Gasteiger partial charge is 0.350 e. The van der Waals surface area contributed by atoms with E-state index in [-0.39, 0.29) is 11.8 Å². The summed E-state index contributed by atoms with van der Waals surface area (Å²) in [7, 11) is 0. The highest BCUT2D eigenvalue weighted by Gasteiger charge is 2.14. The fraction of sp³-hybridized carbons (Fsp3) is 0.368. The highest BCUT2D eigenvalue weighted by atomic mass is 16.1. The Morgan fingerprint density at radius 1 is 1.28 bits per heavy atom. The van der Waals surface area contributed by atoms with Gasteiger partial charge in [0.05, 0.1) is 11.1 Å². The Morgan fingerprint density at radius 2 is 2.08 bits per heavy atom. The van der Waals surface area contributed by atoms with Crippen molar-refractivity contribution in [3.05, 3.63) is 53.7 Å². The van der Waals surface area contributed by atoms with E-state index in [9.17, 15) is 4.79 Å². The molecule has 0 aliphatic carbocycles. The number of carbonyl (C=O) groups excluding carboxylic acids is 1. The summed E-state index contributed by atoms with van der Waals surface area (Å²) in [6.07, 6.45) is 2.52. The molecule has 0 radical (unpaired) electrons. The number of nitrogens with one attached hydrogen (secondary N) is 1. The van der Waals surface area contributed by atoms with Gasteiger partial charge in [-0.3, -0.25) is 9.78 Å². The third-order valence-corrected chi connectivity index (χ3v) is 4.22. The van der Waals surface area contributed by atoms with Crippen LogP contribution in [-0.4, -0.2) is 32.2 Å². The van der Waals surface area contributed by atoms with Crippen LogP contribution in [0.2, 0.25) is 0 Å². The second-order valence-corrected chi connectivity index (χ2v) is 6.32. The van der Waals surface area contributed by atoms with Gasteiger partial charge in [-0.2, -0.15) is 0 Å². The van der Waals surface area contributed by atoms with Crippen molar-refractivity contribution in [1.29, 1.82) is 0 Å². The Labute approximate surface area is 147 Å². The van der Waals surface area contributed by atoms with Gasteiger partial charge in [-0.25, -0.2) is 0 Å². The Kier molecular flexibility index (Phi) is 5.07. The maximum Gasteiger partial charge on any atom is 0.252 e. The highest BCUT2D eigenvalue weighted by Crippen LogP contribution is 2.22. The number of pyridine rings is 1. The molecular weight excluding hydrogens is 314 g/mol. The molecule has 0 spiro atoms. The van der Waals surface area contributed by atoms with Gasteiger partial charge in [0.25, 0.3) is 5.91 Å². The van der Waals surface area contributed by atoms with E-state index in [1.54, 1.807) is 6.33 Å². The second kappa shape index (κ2) is 7.42. The summed E-state index contributed by atoms with van der Waals surface area (Å²) in [5.74, 6) is 1.11. The van der Waals surface area contributed by atoms with E-state index in [4.69, 9.17) is 0 Å². The first-order valence-electron chi connectivity index (χ1n) is 8.64. The topological polar surface area (TPSA) is 72.7 Å². The fourth-order valence-corrected chi connectivity index (χ4v) is 2.80. The lowest BCUT2D eigenvalue weighted by molar-refractivity contribution is 0.0953. The quantitative estimate of drug-likeness (QED) is 0.750. The van der Waals surface area contributed by atoms with Crippen LogP contribution in [0.4, 0.5) is 0 Å². The standard InChI is InChI=1S/C19H23N5O/c1-4-18-23-21-12-24(18)10-9-20-19(25)15-11-17(13(2)3)22-16-8-6-5-7-14(15)16/h5-8,11-13H,4,9-10H2,1-3H3,(H,20,25). The van der Waals surface area contributed by atoms with E-state index in [0.717, 1.165) is 28.8 Å². The van der Waals surface area contributed by atoms with E-state index in [2.05, 4.69) is 34.3 Å². The molecule has 3 aromatic rings. The van der Waals surface area contributed by atoms with E-state index in [1.807, 2.05) is 41.8 Å². The monoisotopic (exact) mass is 337 g/mol. The van der Waals surface area contributed by atoms with Crippen LogP contribution in [0.25, 0.3) is 10.9 Å². The van der Waals surface area contributed by atoms with Crippen molar-refractivity contribution in [1.82, 2.24) is 25.1 Å². The summed E-state index contributed by atoms with van der Waals surface area (Å²) >= 11 is 0. The molecule has 1 aromatic carbocycles. The average Bonchev–Trinajstić information content (AvgIpc) is 3.08. The molecular formula is C19H23N5O. The van der Waals surface area contributed by atoms with Crippen molar-refractivity contribution in [3.63, 3.8) is 0 Å². The second-order valence-electron chi connectivity index (χ2n) is 6.32. The third-order valence-electron chi connectivity index (χ3n) is 4.22. The van der Waals surface area contributed by atoms with Gasteiger partial charge < -0.3 is 9.88 Å². The van der Waals surface area contributed by atoms with Gasteiger partial charge in [0.15, 0.2) is 0 Å². The number of aromatic nitrogens is 4. The third kappa shape index (κ3) is 3.68. The van der Waals surface area contributed by atoms with Crippen LogP contribution < -0.4 is 5.32 Å². The van der Waals surface area contributed by atoms with Crippen LogP contribution in [0.15, 0.2) is 36.7 Å². The summed E-state index contributed by atoms with van der Waals surface area (Å²) < 4.78 is 1.96. The number of hydrogen-bond acceptors (Lipinski definition) is 4. The van der Waals surface area contributed by atoms with Gasteiger partial charge in [0.2, 0.25) is 0 Å². The molecule has 6 heteroatoms. The SMILES string of the molecule is CCc1nncn1CCNC(=O)c1cc(C(C)C)nc2ccccc12. The van der Waals surface area contributed by atoms with Crippen LogP contribution in [0.5, 0.6) is 0 Å². The summed E-state index contributed by atoms with van der Waals surface area (Å²) in [6, 6.07) is 9.66. The van der Waals surface area contributed by atoms with Gasteiger partial charge >= 0.3 is 0 Å². The van der Waals surface area contributed by atoms with E-state index < -0.39 is 0 Å². The summed E-state index contributed by atoms with van der Waals surface area (Å²) in [5.41, 5.74) is 2.45. The van der Waals surface area contributed by atoms with Gasteiger partial charge in [-0.15, -0.1) is 10.2 Å². The molecule has 2 aromatic heterocycles. The summed E-state index contributed by atoms with van der Waals surface area (Å²) in [6.45, 7) is 7.38. The predicted molar refractivity (Wildman–Crippen MR) is 97.6 cm³/mol. The number of nitrogens with zero attached hydrogens (tertiary/aromatic N) is 4. The zero-order valence-electron chi connectivity index (χ0n) is 14.9. The van der Waals surface area contributed by atoms with E-state index >= 15 is 0 Å². The molecule has 0 bridgehead atoms. The summed E-state index contributed by atoms with van der Waals surface area (Å²) in [4.78, 5) is 17.4. The average molecular weight is 337 g/mol. The smallest absolute Gasteiger partial charge is 0.252 e. The minimum atomic E-state index is -0.0772. The lowest BCUT2D eigenvalue weighted by Gasteiger charge is -2.12. The van der Waals surface area contributed by atoms with Crippen LogP contribution in [0, 0.1) is 0 Å². The lowest BCUT2D eigenvalue weighted by Crippen LogP contribution is -2.28. The number of rotatable bonds is 6. The van der Waals surface area contributed by atoms with Crippen molar-refractivity contribution in [2.24, 2.45) is 0 Å². The molecule has 0 aliphatic heterocycles. The molecule has 6 nitrogen and oxygen atoms in total. The van der Waals surface area contributed by atoms with Crippen LogP contribution in [-0.2, 0) is 13.0 Å². The number of benzene rings is 1. The van der Waals surface area contributed by atoms with Crippen molar-refractivity contribution in [3.8, 4) is 0 Å². The predicted octanol–water partition coefficient (Wildman–Crippen LogP) is 2.94. The number of fused-ring (bicyclic) bond motifs is 1. The van der Waals surface area contributed by atoms with Crippen molar-refractivity contribution < 1.29 is 4.79 Å².